The molecule has 0 aliphatic heterocycles. The summed E-state index contributed by atoms with van der Waals surface area (Å²) in [6.45, 7) is 4.26. The molecule has 2 aliphatic carbocycles. The number of esters is 2. The molecule has 0 aromatic heterocycles. The smallest absolute Gasteiger partial charge is 0.310 e. The summed E-state index contributed by atoms with van der Waals surface area (Å²) in [5, 5.41) is 0. The second-order valence-corrected chi connectivity index (χ2v) is 4.50. The van der Waals surface area contributed by atoms with Gasteiger partial charge in [-0.15, -0.1) is 0 Å². The van der Waals surface area contributed by atoms with Crippen molar-refractivity contribution in [2.75, 3.05) is 13.2 Å². The van der Waals surface area contributed by atoms with Gasteiger partial charge in [-0.3, -0.25) is 9.59 Å². The summed E-state index contributed by atoms with van der Waals surface area (Å²) in [5.74, 6) is -0.917. The first-order chi connectivity index (χ1) is 8.19. The second-order valence-electron chi connectivity index (χ2n) is 4.50. The van der Waals surface area contributed by atoms with Crippen molar-refractivity contribution < 1.29 is 19.1 Å². The predicted molar refractivity (Wildman–Crippen MR) is 61.0 cm³/mol. The van der Waals surface area contributed by atoms with E-state index in [2.05, 4.69) is 0 Å². The lowest BCUT2D eigenvalue weighted by Gasteiger charge is -2.24. The van der Waals surface area contributed by atoms with Crippen LogP contribution in [0.5, 0.6) is 0 Å². The number of hydrogen-bond acceptors (Lipinski definition) is 4. The standard InChI is InChI=1S/C13H18O4/c1-3-16-12(14)10-8-5-6-9(7-8)11(10)13(15)17-4-2/h5-6,8-11H,3-4,7H2,1-2H3/t8-,9+,10-,11-/m0/s1. The van der Waals surface area contributed by atoms with E-state index in [-0.39, 0.29) is 35.6 Å². The third-order valence-corrected chi connectivity index (χ3v) is 3.58. The average molecular weight is 238 g/mol. The highest BCUT2D eigenvalue weighted by Gasteiger charge is 2.52. The van der Waals surface area contributed by atoms with Crippen LogP contribution in [0.3, 0.4) is 0 Å². The van der Waals surface area contributed by atoms with E-state index >= 15 is 0 Å². The third kappa shape index (κ3) is 2.08. The first kappa shape index (κ1) is 12.1. The Bertz CT molecular complexity index is 315. The minimum absolute atomic E-state index is 0.147. The van der Waals surface area contributed by atoms with Crippen molar-refractivity contribution in [1.29, 1.82) is 0 Å². The number of ether oxygens (including phenoxy) is 2. The van der Waals surface area contributed by atoms with Crippen LogP contribution in [-0.4, -0.2) is 25.2 Å². The monoisotopic (exact) mass is 238 g/mol. The average Bonchev–Trinajstić information content (AvgIpc) is 2.89. The summed E-state index contributed by atoms with van der Waals surface area (Å²) < 4.78 is 10.1. The highest BCUT2D eigenvalue weighted by atomic mass is 16.5. The van der Waals surface area contributed by atoms with Crippen LogP contribution >= 0.6 is 0 Å². The maximum absolute atomic E-state index is 11.9. The number of hydrogen-bond donors (Lipinski definition) is 0. The summed E-state index contributed by atoms with van der Waals surface area (Å²) in [4.78, 5) is 23.8. The molecule has 0 spiro atoms. The Labute approximate surface area is 101 Å². The first-order valence-corrected chi connectivity index (χ1v) is 6.20. The molecular formula is C13H18O4. The zero-order chi connectivity index (χ0) is 12.4. The van der Waals surface area contributed by atoms with Crippen molar-refractivity contribution in [3.63, 3.8) is 0 Å². The fraction of sp³-hybridized carbons (Fsp3) is 0.692. The Hall–Kier alpha value is -1.32. The molecule has 4 heteroatoms. The molecule has 0 N–H and O–H groups in total. The third-order valence-electron chi connectivity index (χ3n) is 3.58. The van der Waals surface area contributed by atoms with Gasteiger partial charge in [-0.05, 0) is 32.1 Å². The Morgan fingerprint density at radius 1 is 1.00 bits per heavy atom. The summed E-state index contributed by atoms with van der Waals surface area (Å²) in [5.41, 5.74) is 0. The van der Waals surface area contributed by atoms with E-state index in [9.17, 15) is 9.59 Å². The number of allylic oxidation sites excluding steroid dienone is 2. The van der Waals surface area contributed by atoms with Gasteiger partial charge in [0.2, 0.25) is 0 Å². The summed E-state index contributed by atoms with van der Waals surface area (Å²) in [6, 6.07) is 0. The number of fused-ring (bicyclic) bond motifs is 2. The van der Waals surface area contributed by atoms with Gasteiger partial charge in [0.05, 0.1) is 25.0 Å². The van der Waals surface area contributed by atoms with E-state index < -0.39 is 0 Å². The fourth-order valence-electron chi connectivity index (χ4n) is 2.94. The van der Waals surface area contributed by atoms with E-state index in [1.54, 1.807) is 13.8 Å². The molecule has 0 aromatic rings. The van der Waals surface area contributed by atoms with Gasteiger partial charge in [0, 0.05) is 0 Å². The Morgan fingerprint density at radius 2 is 1.41 bits per heavy atom. The minimum atomic E-state index is -0.344. The normalized spacial score (nSPS) is 33.8. The Morgan fingerprint density at radius 3 is 1.76 bits per heavy atom. The molecule has 0 amide bonds. The molecule has 1 fully saturated rings. The van der Waals surface area contributed by atoms with Crippen molar-refractivity contribution in [3.8, 4) is 0 Å². The van der Waals surface area contributed by atoms with Crippen LogP contribution in [-0.2, 0) is 19.1 Å². The van der Waals surface area contributed by atoms with Crippen molar-refractivity contribution in [2.24, 2.45) is 23.7 Å². The van der Waals surface area contributed by atoms with E-state index in [1.807, 2.05) is 12.2 Å². The lowest BCUT2D eigenvalue weighted by molar-refractivity contribution is -0.160. The molecule has 1 saturated carbocycles. The van der Waals surface area contributed by atoms with Gasteiger partial charge in [0.25, 0.3) is 0 Å². The molecule has 0 aromatic carbocycles. The van der Waals surface area contributed by atoms with Crippen molar-refractivity contribution in [3.05, 3.63) is 12.2 Å². The molecule has 0 heterocycles. The molecule has 94 valence electrons. The van der Waals surface area contributed by atoms with Crippen molar-refractivity contribution in [1.82, 2.24) is 0 Å². The van der Waals surface area contributed by atoms with Crippen LogP contribution < -0.4 is 0 Å². The molecule has 2 rings (SSSR count). The Kier molecular flexibility index (Phi) is 3.50. The van der Waals surface area contributed by atoms with Gasteiger partial charge in [0.1, 0.15) is 0 Å². The molecule has 2 bridgehead atoms. The van der Waals surface area contributed by atoms with Crippen LogP contribution in [0.2, 0.25) is 0 Å². The molecular weight excluding hydrogens is 220 g/mol. The molecule has 0 saturated heterocycles. The van der Waals surface area contributed by atoms with Crippen LogP contribution in [0.4, 0.5) is 0 Å². The molecule has 0 unspecified atom stereocenters. The maximum atomic E-state index is 11.9. The number of carbonyl (C=O) groups excluding carboxylic acids is 2. The van der Waals surface area contributed by atoms with Gasteiger partial charge in [0.15, 0.2) is 0 Å². The van der Waals surface area contributed by atoms with E-state index in [1.165, 1.54) is 0 Å². The number of carbonyl (C=O) groups is 2. The van der Waals surface area contributed by atoms with Crippen LogP contribution in [0.1, 0.15) is 20.3 Å². The van der Waals surface area contributed by atoms with Crippen molar-refractivity contribution in [2.45, 2.75) is 20.3 Å². The van der Waals surface area contributed by atoms with E-state index in [4.69, 9.17) is 9.47 Å². The largest absolute Gasteiger partial charge is 0.466 e. The lowest BCUT2D eigenvalue weighted by atomic mass is 9.83. The molecule has 17 heavy (non-hydrogen) atoms. The maximum Gasteiger partial charge on any atom is 0.310 e. The predicted octanol–water partition coefficient (Wildman–Crippen LogP) is 1.55. The first-order valence-electron chi connectivity index (χ1n) is 6.20. The second kappa shape index (κ2) is 4.90. The summed E-state index contributed by atoms with van der Waals surface area (Å²) in [6.07, 6.45) is 4.93. The molecule has 4 nitrogen and oxygen atoms in total. The van der Waals surface area contributed by atoms with Gasteiger partial charge in [-0.1, -0.05) is 12.2 Å². The van der Waals surface area contributed by atoms with Gasteiger partial charge in [-0.25, -0.2) is 0 Å². The van der Waals surface area contributed by atoms with Crippen LogP contribution in [0.15, 0.2) is 12.2 Å². The minimum Gasteiger partial charge on any atom is -0.466 e. The van der Waals surface area contributed by atoms with Gasteiger partial charge in [-0.2, -0.15) is 0 Å². The highest BCUT2D eigenvalue weighted by Crippen LogP contribution is 2.48. The van der Waals surface area contributed by atoms with E-state index in [0.717, 1.165) is 6.42 Å². The number of rotatable bonds is 4. The molecule has 2 aliphatic rings. The van der Waals surface area contributed by atoms with Gasteiger partial charge >= 0.3 is 11.9 Å². The SMILES string of the molecule is CCOC(=O)[C@@H]1[C@@H](C(=O)OCC)[C@H]2C=C[C@@H]1C2. The summed E-state index contributed by atoms with van der Waals surface area (Å²) >= 11 is 0. The van der Waals surface area contributed by atoms with Gasteiger partial charge < -0.3 is 9.47 Å². The zero-order valence-electron chi connectivity index (χ0n) is 10.2. The summed E-state index contributed by atoms with van der Waals surface area (Å²) in [7, 11) is 0. The lowest BCUT2D eigenvalue weighted by Crippen LogP contribution is -2.35. The van der Waals surface area contributed by atoms with Crippen molar-refractivity contribution >= 4 is 11.9 Å². The molecule has 4 atom stereocenters. The Balaban J connectivity index is 2.14. The highest BCUT2D eigenvalue weighted by molar-refractivity contribution is 5.84. The topological polar surface area (TPSA) is 52.6 Å². The fourth-order valence-corrected chi connectivity index (χ4v) is 2.94. The van der Waals surface area contributed by atoms with E-state index in [0.29, 0.717) is 13.2 Å². The van der Waals surface area contributed by atoms with Crippen LogP contribution in [0.25, 0.3) is 0 Å². The molecule has 0 radical (unpaired) electrons. The zero-order valence-corrected chi connectivity index (χ0v) is 10.2. The quantitative estimate of drug-likeness (QED) is 0.551. The van der Waals surface area contributed by atoms with Crippen LogP contribution in [0, 0.1) is 23.7 Å².